The lowest BCUT2D eigenvalue weighted by atomic mass is 10.0. The lowest BCUT2D eigenvalue weighted by molar-refractivity contribution is 0.199. The van der Waals surface area contributed by atoms with Crippen LogP contribution in [0.15, 0.2) is 24.3 Å². The van der Waals surface area contributed by atoms with Crippen molar-refractivity contribution in [3.8, 4) is 0 Å². The number of nitrogens with zero attached hydrogens (tertiary/aromatic N) is 1. The van der Waals surface area contributed by atoms with Crippen LogP contribution >= 0.6 is 0 Å². The molecule has 17 heavy (non-hydrogen) atoms. The van der Waals surface area contributed by atoms with E-state index in [1.54, 1.807) is 0 Å². The van der Waals surface area contributed by atoms with E-state index in [4.69, 9.17) is 0 Å². The molecular weight excluding hydrogens is 210 g/mol. The van der Waals surface area contributed by atoms with Crippen LogP contribution in [0.1, 0.15) is 37.9 Å². The third kappa shape index (κ3) is 1.95. The Labute approximate surface area is 103 Å². The van der Waals surface area contributed by atoms with Crippen molar-refractivity contribution in [3.63, 3.8) is 0 Å². The zero-order valence-corrected chi connectivity index (χ0v) is 10.5. The van der Waals surface area contributed by atoms with Gasteiger partial charge in [-0.05, 0) is 37.7 Å². The number of para-hydroxylation sites is 1. The van der Waals surface area contributed by atoms with E-state index in [1.165, 1.54) is 38.0 Å². The number of hydrogen-bond acceptors (Lipinski definition) is 2. The molecule has 0 radical (unpaired) electrons. The van der Waals surface area contributed by atoms with Crippen LogP contribution in [0, 0.1) is 11.8 Å². The Morgan fingerprint density at radius 2 is 1.82 bits per heavy atom. The van der Waals surface area contributed by atoms with E-state index in [2.05, 4.69) is 17.0 Å². The largest absolute Gasteiger partial charge is 0.389 e. The first-order chi connectivity index (χ1) is 8.25. The summed E-state index contributed by atoms with van der Waals surface area (Å²) in [5, 5.41) is 9.84. The number of fused-ring (bicyclic) bond motifs is 1. The van der Waals surface area contributed by atoms with E-state index in [-0.39, 0.29) is 6.10 Å². The SMILES string of the molecule is C[C@H](O)c1ccccc1N1CC2CCCC2C1. The molecule has 1 aromatic carbocycles. The van der Waals surface area contributed by atoms with E-state index in [0.29, 0.717) is 0 Å². The fraction of sp³-hybridized carbons (Fsp3) is 0.600. The molecule has 1 aliphatic carbocycles. The predicted octanol–water partition coefficient (Wildman–Crippen LogP) is 2.98. The van der Waals surface area contributed by atoms with Crippen molar-refractivity contribution in [3.05, 3.63) is 29.8 Å². The van der Waals surface area contributed by atoms with E-state index in [0.717, 1.165) is 17.4 Å². The number of rotatable bonds is 2. The van der Waals surface area contributed by atoms with Crippen molar-refractivity contribution in [2.24, 2.45) is 11.8 Å². The highest BCUT2D eigenvalue weighted by atomic mass is 16.3. The van der Waals surface area contributed by atoms with Crippen LogP contribution in [0.3, 0.4) is 0 Å². The molecule has 0 bridgehead atoms. The third-order valence-electron chi connectivity index (χ3n) is 4.45. The molecule has 3 rings (SSSR count). The van der Waals surface area contributed by atoms with Crippen molar-refractivity contribution in [1.82, 2.24) is 0 Å². The molecule has 1 aliphatic heterocycles. The standard InChI is InChI=1S/C15H21NO/c1-11(17)14-7-2-3-8-15(14)16-9-12-5-4-6-13(12)10-16/h2-3,7-8,11-13,17H,4-6,9-10H2,1H3/t11-,12?,13?/m0/s1. The van der Waals surface area contributed by atoms with Gasteiger partial charge in [0.1, 0.15) is 0 Å². The molecule has 0 spiro atoms. The van der Waals surface area contributed by atoms with Crippen LogP contribution in [0.25, 0.3) is 0 Å². The van der Waals surface area contributed by atoms with Crippen LogP contribution in [-0.4, -0.2) is 18.2 Å². The molecule has 1 aromatic rings. The number of benzene rings is 1. The summed E-state index contributed by atoms with van der Waals surface area (Å²) in [7, 11) is 0. The summed E-state index contributed by atoms with van der Waals surface area (Å²) in [6, 6.07) is 8.30. The second-order valence-electron chi connectivity index (χ2n) is 5.59. The molecule has 1 N–H and O–H groups in total. The van der Waals surface area contributed by atoms with Gasteiger partial charge in [-0.2, -0.15) is 0 Å². The zero-order chi connectivity index (χ0) is 11.8. The minimum Gasteiger partial charge on any atom is -0.389 e. The summed E-state index contributed by atoms with van der Waals surface area (Å²) in [5.41, 5.74) is 2.32. The number of anilines is 1. The summed E-state index contributed by atoms with van der Waals surface area (Å²) >= 11 is 0. The molecule has 2 aliphatic rings. The highest BCUT2D eigenvalue weighted by Gasteiger charge is 2.36. The molecule has 1 saturated carbocycles. The molecule has 2 nitrogen and oxygen atoms in total. The zero-order valence-electron chi connectivity index (χ0n) is 10.5. The Kier molecular flexibility index (Phi) is 2.83. The predicted molar refractivity (Wildman–Crippen MR) is 70.1 cm³/mol. The molecule has 0 aromatic heterocycles. The van der Waals surface area contributed by atoms with Gasteiger partial charge < -0.3 is 10.0 Å². The fourth-order valence-corrected chi connectivity index (χ4v) is 3.56. The monoisotopic (exact) mass is 231 g/mol. The van der Waals surface area contributed by atoms with Crippen molar-refractivity contribution < 1.29 is 5.11 Å². The first-order valence-electron chi connectivity index (χ1n) is 6.77. The molecule has 92 valence electrons. The number of hydrogen-bond donors (Lipinski definition) is 1. The third-order valence-corrected chi connectivity index (χ3v) is 4.45. The Hall–Kier alpha value is -1.02. The average molecular weight is 231 g/mol. The molecule has 2 heteroatoms. The Balaban J connectivity index is 1.85. The minimum atomic E-state index is -0.369. The van der Waals surface area contributed by atoms with Crippen molar-refractivity contribution in [2.45, 2.75) is 32.3 Å². The first kappa shape index (κ1) is 11.1. The Morgan fingerprint density at radius 1 is 1.18 bits per heavy atom. The van der Waals surface area contributed by atoms with Gasteiger partial charge in [-0.15, -0.1) is 0 Å². The van der Waals surface area contributed by atoms with Crippen LogP contribution in [0.4, 0.5) is 5.69 Å². The van der Waals surface area contributed by atoms with E-state index in [9.17, 15) is 5.11 Å². The normalized spacial score (nSPS) is 29.4. The van der Waals surface area contributed by atoms with Crippen LogP contribution in [0.5, 0.6) is 0 Å². The van der Waals surface area contributed by atoms with E-state index in [1.807, 2.05) is 19.1 Å². The maximum Gasteiger partial charge on any atom is 0.0781 e. The van der Waals surface area contributed by atoms with Gasteiger partial charge in [0.15, 0.2) is 0 Å². The molecule has 2 unspecified atom stereocenters. The first-order valence-corrected chi connectivity index (χ1v) is 6.77. The summed E-state index contributed by atoms with van der Waals surface area (Å²) in [5.74, 6) is 1.80. The average Bonchev–Trinajstić information content (AvgIpc) is 2.88. The Morgan fingerprint density at radius 3 is 2.47 bits per heavy atom. The topological polar surface area (TPSA) is 23.5 Å². The van der Waals surface area contributed by atoms with Gasteiger partial charge in [0.25, 0.3) is 0 Å². The van der Waals surface area contributed by atoms with Gasteiger partial charge in [0.05, 0.1) is 6.10 Å². The molecule has 1 heterocycles. The quantitative estimate of drug-likeness (QED) is 0.846. The van der Waals surface area contributed by atoms with E-state index < -0.39 is 0 Å². The second-order valence-corrected chi connectivity index (χ2v) is 5.59. The van der Waals surface area contributed by atoms with Crippen LogP contribution < -0.4 is 4.90 Å². The number of aliphatic hydroxyl groups is 1. The summed E-state index contributed by atoms with van der Waals surface area (Å²) in [4.78, 5) is 2.48. The maximum atomic E-state index is 9.84. The minimum absolute atomic E-state index is 0.369. The van der Waals surface area contributed by atoms with Gasteiger partial charge in [0, 0.05) is 24.3 Å². The second kappa shape index (κ2) is 4.34. The summed E-state index contributed by atoms with van der Waals surface area (Å²) in [6.07, 6.45) is 3.85. The van der Waals surface area contributed by atoms with Gasteiger partial charge in [0.2, 0.25) is 0 Å². The van der Waals surface area contributed by atoms with Crippen molar-refractivity contribution >= 4 is 5.69 Å². The highest BCUT2D eigenvalue weighted by molar-refractivity contribution is 5.55. The fourth-order valence-electron chi connectivity index (χ4n) is 3.56. The van der Waals surface area contributed by atoms with Crippen LogP contribution in [-0.2, 0) is 0 Å². The van der Waals surface area contributed by atoms with Gasteiger partial charge in [-0.1, -0.05) is 24.6 Å². The molecule has 3 atom stereocenters. The van der Waals surface area contributed by atoms with Gasteiger partial charge >= 0.3 is 0 Å². The molecule has 2 fully saturated rings. The molecule has 0 amide bonds. The smallest absolute Gasteiger partial charge is 0.0781 e. The lowest BCUT2D eigenvalue weighted by Gasteiger charge is -2.24. The van der Waals surface area contributed by atoms with Crippen molar-refractivity contribution in [2.75, 3.05) is 18.0 Å². The Bertz CT molecular complexity index is 390. The molecular formula is C15H21NO. The number of aliphatic hydroxyl groups excluding tert-OH is 1. The molecule has 1 saturated heterocycles. The van der Waals surface area contributed by atoms with Crippen molar-refractivity contribution in [1.29, 1.82) is 0 Å². The highest BCUT2D eigenvalue weighted by Crippen LogP contribution is 2.40. The summed E-state index contributed by atoms with van der Waals surface area (Å²) in [6.45, 7) is 4.23. The lowest BCUT2D eigenvalue weighted by Crippen LogP contribution is -2.22. The van der Waals surface area contributed by atoms with Crippen LogP contribution in [0.2, 0.25) is 0 Å². The van der Waals surface area contributed by atoms with E-state index >= 15 is 0 Å². The van der Waals surface area contributed by atoms with Gasteiger partial charge in [-0.25, -0.2) is 0 Å². The maximum absolute atomic E-state index is 9.84. The van der Waals surface area contributed by atoms with Gasteiger partial charge in [-0.3, -0.25) is 0 Å². The summed E-state index contributed by atoms with van der Waals surface area (Å²) < 4.78 is 0.